The number of esters is 1. The molecule has 0 saturated carbocycles. The van der Waals surface area contributed by atoms with Crippen molar-refractivity contribution in [3.8, 4) is 0 Å². The van der Waals surface area contributed by atoms with Crippen LogP contribution in [-0.2, 0) is 27.3 Å². The smallest absolute Gasteiger partial charge is 0.360 e. The van der Waals surface area contributed by atoms with Gasteiger partial charge in [0.2, 0.25) is 11.8 Å². The van der Waals surface area contributed by atoms with E-state index in [0.717, 1.165) is 23.2 Å². The molecule has 36 heavy (non-hydrogen) atoms. The molecule has 0 spiro atoms. The fourth-order valence-corrected chi connectivity index (χ4v) is 4.40. The minimum atomic E-state index is -0.550. The summed E-state index contributed by atoms with van der Waals surface area (Å²) in [6.45, 7) is 3.12. The highest BCUT2D eigenvalue weighted by molar-refractivity contribution is 5.88. The number of nitrogens with one attached hydrogen (secondary N) is 2. The molecule has 1 aromatic heterocycles. The largest absolute Gasteiger partial charge is 0.464 e. The van der Waals surface area contributed by atoms with Crippen LogP contribution in [0.5, 0.6) is 0 Å². The van der Waals surface area contributed by atoms with Crippen LogP contribution >= 0.6 is 0 Å². The monoisotopic (exact) mass is 490 g/mol. The second kappa shape index (κ2) is 11.6. The van der Waals surface area contributed by atoms with Crippen LogP contribution in [0.3, 0.4) is 0 Å². The van der Waals surface area contributed by atoms with Gasteiger partial charge in [-0.15, -0.1) is 5.10 Å². The second-order valence-corrected chi connectivity index (χ2v) is 8.81. The van der Waals surface area contributed by atoms with E-state index in [-0.39, 0.29) is 29.6 Å². The van der Waals surface area contributed by atoms with Crippen molar-refractivity contribution >= 4 is 23.5 Å². The molecule has 3 aromatic rings. The van der Waals surface area contributed by atoms with Crippen LogP contribution in [0.25, 0.3) is 0 Å². The quantitative estimate of drug-likeness (QED) is 0.442. The van der Waals surface area contributed by atoms with E-state index in [1.165, 1.54) is 14.0 Å². The SMILES string of the molecule is COC(=O)c1cn([C@@H]2C[C@@H](C(=O)NCCc3ccccc3)N(Cc3ccc(NC(C)=O)cc3)C2)nn1. The van der Waals surface area contributed by atoms with Gasteiger partial charge in [0.25, 0.3) is 0 Å². The van der Waals surface area contributed by atoms with Crippen LogP contribution in [0.2, 0.25) is 0 Å². The third-order valence-electron chi connectivity index (χ3n) is 6.18. The second-order valence-electron chi connectivity index (χ2n) is 8.81. The van der Waals surface area contributed by atoms with Gasteiger partial charge in [-0.1, -0.05) is 47.7 Å². The van der Waals surface area contributed by atoms with Crippen LogP contribution in [0, 0.1) is 0 Å². The molecule has 0 unspecified atom stereocenters. The molecule has 4 rings (SSSR count). The van der Waals surface area contributed by atoms with Gasteiger partial charge in [-0.3, -0.25) is 14.5 Å². The van der Waals surface area contributed by atoms with Gasteiger partial charge in [0.1, 0.15) is 0 Å². The molecule has 0 aliphatic carbocycles. The summed E-state index contributed by atoms with van der Waals surface area (Å²) in [6.07, 6.45) is 2.84. The van der Waals surface area contributed by atoms with Crippen molar-refractivity contribution in [2.75, 3.05) is 25.5 Å². The Labute approximate surface area is 209 Å². The van der Waals surface area contributed by atoms with Gasteiger partial charge in [0, 0.05) is 32.2 Å². The highest BCUT2D eigenvalue weighted by atomic mass is 16.5. The van der Waals surface area contributed by atoms with Gasteiger partial charge in [-0.25, -0.2) is 9.48 Å². The number of anilines is 1. The molecule has 2 N–H and O–H groups in total. The molecule has 0 radical (unpaired) electrons. The van der Waals surface area contributed by atoms with Crippen LogP contribution in [-0.4, -0.2) is 63.9 Å². The molecule has 2 amide bonds. The number of hydrogen-bond acceptors (Lipinski definition) is 7. The maximum Gasteiger partial charge on any atom is 0.360 e. The van der Waals surface area contributed by atoms with Gasteiger partial charge in [-0.05, 0) is 36.1 Å². The third-order valence-corrected chi connectivity index (χ3v) is 6.18. The summed E-state index contributed by atoms with van der Waals surface area (Å²) >= 11 is 0. The van der Waals surface area contributed by atoms with E-state index in [9.17, 15) is 14.4 Å². The Morgan fingerprint density at radius 3 is 2.50 bits per heavy atom. The number of benzene rings is 2. The molecule has 2 aromatic carbocycles. The zero-order valence-corrected chi connectivity index (χ0v) is 20.4. The van der Waals surface area contributed by atoms with Gasteiger partial charge >= 0.3 is 5.97 Å². The molecule has 188 valence electrons. The lowest BCUT2D eigenvalue weighted by molar-refractivity contribution is -0.125. The number of hydrogen-bond donors (Lipinski definition) is 2. The number of nitrogens with zero attached hydrogens (tertiary/aromatic N) is 4. The first-order valence-corrected chi connectivity index (χ1v) is 11.9. The van der Waals surface area contributed by atoms with Gasteiger partial charge in [0.05, 0.1) is 25.4 Å². The standard InChI is InChI=1S/C26H30N6O4/c1-18(33)28-21-10-8-20(9-11-21)15-31-16-22(32-17-23(29-30-32)26(35)36-2)14-24(31)25(34)27-13-12-19-6-4-3-5-7-19/h3-11,17,22,24H,12-16H2,1-2H3,(H,27,34)(H,28,33)/t22-,24+/m1/s1. The van der Waals surface area contributed by atoms with Crippen molar-refractivity contribution in [2.45, 2.75) is 38.4 Å². The number of carbonyl (C=O) groups excluding carboxylic acids is 3. The molecule has 1 saturated heterocycles. The van der Waals surface area contributed by atoms with Crippen LogP contribution in [0.15, 0.2) is 60.8 Å². The molecule has 0 bridgehead atoms. The number of ether oxygens (including phenoxy) is 1. The van der Waals surface area contributed by atoms with Gasteiger partial charge in [-0.2, -0.15) is 0 Å². The fraction of sp³-hybridized carbons (Fsp3) is 0.346. The number of methoxy groups -OCH3 is 1. The number of amides is 2. The molecule has 1 fully saturated rings. The highest BCUT2D eigenvalue weighted by Crippen LogP contribution is 2.29. The summed E-state index contributed by atoms with van der Waals surface area (Å²) in [7, 11) is 1.30. The van der Waals surface area contributed by atoms with Crippen molar-refractivity contribution in [3.05, 3.63) is 77.6 Å². The van der Waals surface area contributed by atoms with Gasteiger partial charge in [0.15, 0.2) is 5.69 Å². The maximum absolute atomic E-state index is 13.2. The molecule has 2 heterocycles. The number of carbonyl (C=O) groups is 3. The Morgan fingerprint density at radius 1 is 1.06 bits per heavy atom. The zero-order valence-electron chi connectivity index (χ0n) is 20.4. The zero-order chi connectivity index (χ0) is 25.5. The fourth-order valence-electron chi connectivity index (χ4n) is 4.40. The highest BCUT2D eigenvalue weighted by Gasteiger charge is 2.38. The van der Waals surface area contributed by atoms with E-state index in [4.69, 9.17) is 4.74 Å². The first-order valence-electron chi connectivity index (χ1n) is 11.9. The summed E-state index contributed by atoms with van der Waals surface area (Å²) < 4.78 is 6.37. The summed E-state index contributed by atoms with van der Waals surface area (Å²) in [6, 6.07) is 17.1. The number of aromatic nitrogens is 3. The van der Waals surface area contributed by atoms with Gasteiger partial charge < -0.3 is 15.4 Å². The van der Waals surface area contributed by atoms with E-state index in [0.29, 0.717) is 26.1 Å². The molecule has 10 nitrogen and oxygen atoms in total. The molecule has 2 atom stereocenters. The maximum atomic E-state index is 13.2. The van der Waals surface area contributed by atoms with Crippen molar-refractivity contribution < 1.29 is 19.1 Å². The molecule has 1 aliphatic heterocycles. The summed E-state index contributed by atoms with van der Waals surface area (Å²) in [5.74, 6) is -0.723. The molecule has 1 aliphatic rings. The van der Waals surface area contributed by atoms with E-state index >= 15 is 0 Å². The predicted molar refractivity (Wildman–Crippen MR) is 133 cm³/mol. The molecular weight excluding hydrogens is 460 g/mol. The van der Waals surface area contributed by atoms with E-state index in [1.54, 1.807) is 10.9 Å². The lowest BCUT2D eigenvalue weighted by atomic mass is 10.1. The third kappa shape index (κ3) is 6.33. The number of likely N-dealkylation sites (tertiary alicyclic amines) is 1. The Hall–Kier alpha value is -4.05. The Morgan fingerprint density at radius 2 is 1.81 bits per heavy atom. The van der Waals surface area contributed by atoms with Crippen LogP contribution in [0.4, 0.5) is 5.69 Å². The summed E-state index contributed by atoms with van der Waals surface area (Å²) in [4.78, 5) is 38.4. The van der Waals surface area contributed by atoms with E-state index in [2.05, 4.69) is 25.8 Å². The van der Waals surface area contributed by atoms with E-state index in [1.807, 2.05) is 54.6 Å². The Bertz CT molecular complexity index is 1190. The van der Waals surface area contributed by atoms with Crippen molar-refractivity contribution in [1.29, 1.82) is 0 Å². The predicted octanol–water partition coefficient (Wildman–Crippen LogP) is 2.20. The molecule has 10 heteroatoms. The Kier molecular flexibility index (Phi) is 8.06. The number of rotatable bonds is 9. The summed E-state index contributed by atoms with van der Waals surface area (Å²) in [5.41, 5.74) is 3.03. The average Bonchev–Trinajstić information content (AvgIpc) is 3.53. The summed E-state index contributed by atoms with van der Waals surface area (Å²) in [5, 5.41) is 13.9. The topological polar surface area (TPSA) is 118 Å². The van der Waals surface area contributed by atoms with Crippen LogP contribution in [0.1, 0.15) is 41.0 Å². The minimum absolute atomic E-state index is 0.0448. The van der Waals surface area contributed by atoms with Crippen molar-refractivity contribution in [3.63, 3.8) is 0 Å². The lowest BCUT2D eigenvalue weighted by Gasteiger charge is -2.23. The minimum Gasteiger partial charge on any atom is -0.464 e. The normalized spacial score (nSPS) is 17.5. The molecular formula is C26H30N6O4. The first kappa shape index (κ1) is 25.1. The van der Waals surface area contributed by atoms with E-state index < -0.39 is 5.97 Å². The first-order chi connectivity index (χ1) is 17.4. The van der Waals surface area contributed by atoms with Crippen LogP contribution < -0.4 is 10.6 Å². The average molecular weight is 491 g/mol. The Balaban J connectivity index is 1.46. The lowest BCUT2D eigenvalue weighted by Crippen LogP contribution is -2.43. The van der Waals surface area contributed by atoms with Crippen molar-refractivity contribution in [1.82, 2.24) is 25.2 Å². The van der Waals surface area contributed by atoms with Crippen molar-refractivity contribution in [2.24, 2.45) is 0 Å².